The SMILES string of the molecule is CCOc1ccccc1N(CCCC(=O)N(Cc1ccc(Cl)cc1Cl)[C@H](Cc1ccccc1)C(=O)N[C@@H](C)CC)S(C)(=O)=O. The summed E-state index contributed by atoms with van der Waals surface area (Å²) in [7, 11) is -3.69. The van der Waals surface area contributed by atoms with Crippen LogP contribution in [0.3, 0.4) is 0 Å². The van der Waals surface area contributed by atoms with Crippen LogP contribution >= 0.6 is 23.2 Å². The molecule has 1 N–H and O–H groups in total. The van der Waals surface area contributed by atoms with Crippen molar-refractivity contribution in [2.75, 3.05) is 23.7 Å². The zero-order chi connectivity index (χ0) is 32.3. The lowest BCUT2D eigenvalue weighted by Crippen LogP contribution is -2.52. The van der Waals surface area contributed by atoms with Crippen molar-refractivity contribution in [1.29, 1.82) is 0 Å². The van der Waals surface area contributed by atoms with Crippen molar-refractivity contribution in [3.05, 3.63) is 94.0 Å². The summed E-state index contributed by atoms with van der Waals surface area (Å²) < 4.78 is 32.6. The molecule has 3 rings (SSSR count). The Bertz CT molecular complexity index is 1500. The first kappa shape index (κ1) is 35.2. The number of sulfonamides is 1. The van der Waals surface area contributed by atoms with Gasteiger partial charge in [0.2, 0.25) is 21.8 Å². The minimum absolute atomic E-state index is 0.00404. The summed E-state index contributed by atoms with van der Waals surface area (Å²) in [6.45, 7) is 6.21. The van der Waals surface area contributed by atoms with Gasteiger partial charge in [-0.2, -0.15) is 0 Å². The number of amides is 2. The van der Waals surface area contributed by atoms with Crippen LogP contribution in [0, 0.1) is 0 Å². The van der Waals surface area contributed by atoms with Crippen molar-refractivity contribution in [3.8, 4) is 5.75 Å². The molecule has 0 aliphatic rings. The fourth-order valence-corrected chi connectivity index (χ4v) is 6.19. The van der Waals surface area contributed by atoms with Gasteiger partial charge >= 0.3 is 0 Å². The number of halogens is 2. The smallest absolute Gasteiger partial charge is 0.243 e. The summed E-state index contributed by atoms with van der Waals surface area (Å²) in [5.74, 6) is -0.136. The van der Waals surface area contributed by atoms with E-state index in [0.717, 1.165) is 18.2 Å². The molecule has 0 saturated heterocycles. The number of carbonyl (C=O) groups is 2. The fourth-order valence-electron chi connectivity index (χ4n) is 4.75. The number of nitrogens with one attached hydrogen (secondary N) is 1. The second-order valence-corrected chi connectivity index (χ2v) is 13.4. The zero-order valence-corrected chi connectivity index (χ0v) is 28.0. The Morgan fingerprint density at radius 1 is 0.977 bits per heavy atom. The molecular weight excluding hydrogens is 621 g/mol. The molecule has 0 bridgehead atoms. The van der Waals surface area contributed by atoms with Crippen molar-refractivity contribution in [2.45, 2.75) is 65.1 Å². The second-order valence-electron chi connectivity index (χ2n) is 10.6. The summed E-state index contributed by atoms with van der Waals surface area (Å²) in [6.07, 6.45) is 2.35. The molecule has 2 atom stereocenters. The number of hydrogen-bond acceptors (Lipinski definition) is 5. The minimum atomic E-state index is -3.69. The van der Waals surface area contributed by atoms with Crippen LogP contribution in [-0.4, -0.2) is 56.6 Å². The largest absolute Gasteiger partial charge is 0.492 e. The predicted molar refractivity (Wildman–Crippen MR) is 178 cm³/mol. The highest BCUT2D eigenvalue weighted by Gasteiger charge is 2.31. The molecule has 44 heavy (non-hydrogen) atoms. The van der Waals surface area contributed by atoms with Gasteiger partial charge in [-0.05, 0) is 62.1 Å². The van der Waals surface area contributed by atoms with Crippen LogP contribution in [0.2, 0.25) is 10.0 Å². The first-order chi connectivity index (χ1) is 20.9. The van der Waals surface area contributed by atoms with Gasteiger partial charge in [0, 0.05) is 42.0 Å². The first-order valence-electron chi connectivity index (χ1n) is 14.7. The molecule has 0 radical (unpaired) electrons. The molecule has 0 aromatic heterocycles. The molecule has 11 heteroatoms. The number of rotatable bonds is 16. The van der Waals surface area contributed by atoms with Crippen LogP contribution in [-0.2, 0) is 32.6 Å². The third-order valence-corrected chi connectivity index (χ3v) is 8.98. The van der Waals surface area contributed by atoms with Crippen LogP contribution in [0.5, 0.6) is 5.75 Å². The van der Waals surface area contributed by atoms with Gasteiger partial charge in [-0.3, -0.25) is 13.9 Å². The maximum Gasteiger partial charge on any atom is 0.243 e. The average molecular weight is 663 g/mol. The van der Waals surface area contributed by atoms with E-state index in [1.54, 1.807) is 47.4 Å². The average Bonchev–Trinajstić information content (AvgIpc) is 2.98. The number of benzene rings is 3. The highest BCUT2D eigenvalue weighted by atomic mass is 35.5. The Hall–Kier alpha value is -3.27. The van der Waals surface area contributed by atoms with Crippen LogP contribution in [0.1, 0.15) is 51.2 Å². The van der Waals surface area contributed by atoms with Gasteiger partial charge in [0.15, 0.2) is 0 Å². The van der Waals surface area contributed by atoms with Crippen molar-refractivity contribution in [1.82, 2.24) is 10.2 Å². The van der Waals surface area contributed by atoms with E-state index in [-0.39, 0.29) is 50.2 Å². The highest BCUT2D eigenvalue weighted by molar-refractivity contribution is 7.92. The van der Waals surface area contributed by atoms with E-state index in [1.165, 1.54) is 4.31 Å². The Labute approximate surface area is 271 Å². The van der Waals surface area contributed by atoms with E-state index in [1.807, 2.05) is 51.1 Å². The molecule has 238 valence electrons. The van der Waals surface area contributed by atoms with Crippen molar-refractivity contribution >= 4 is 50.7 Å². The van der Waals surface area contributed by atoms with E-state index in [0.29, 0.717) is 33.7 Å². The quantitative estimate of drug-likeness (QED) is 0.189. The van der Waals surface area contributed by atoms with E-state index in [2.05, 4.69) is 5.32 Å². The molecule has 0 unspecified atom stereocenters. The minimum Gasteiger partial charge on any atom is -0.492 e. The van der Waals surface area contributed by atoms with Gasteiger partial charge in [0.05, 0.1) is 18.6 Å². The summed E-state index contributed by atoms with van der Waals surface area (Å²) in [4.78, 5) is 29.3. The number of ether oxygens (including phenoxy) is 1. The maximum absolute atomic E-state index is 14.0. The van der Waals surface area contributed by atoms with Crippen LogP contribution in [0.15, 0.2) is 72.8 Å². The van der Waals surface area contributed by atoms with Gasteiger partial charge in [-0.15, -0.1) is 0 Å². The Morgan fingerprint density at radius 2 is 1.66 bits per heavy atom. The fraction of sp³-hybridized carbons (Fsp3) is 0.394. The molecule has 3 aromatic carbocycles. The van der Waals surface area contributed by atoms with Gasteiger partial charge in [0.25, 0.3) is 0 Å². The van der Waals surface area contributed by atoms with Gasteiger partial charge in [-0.1, -0.05) is 78.7 Å². The number of hydrogen-bond donors (Lipinski definition) is 1. The molecule has 0 aliphatic heterocycles. The molecular formula is C33H41Cl2N3O5S. The maximum atomic E-state index is 14.0. The van der Waals surface area contributed by atoms with Crippen LogP contribution in [0.25, 0.3) is 0 Å². The van der Waals surface area contributed by atoms with Crippen molar-refractivity contribution < 1.29 is 22.7 Å². The zero-order valence-electron chi connectivity index (χ0n) is 25.6. The van der Waals surface area contributed by atoms with E-state index in [4.69, 9.17) is 27.9 Å². The Balaban J connectivity index is 1.94. The number of nitrogens with zero attached hydrogens (tertiary/aromatic N) is 2. The van der Waals surface area contributed by atoms with Gasteiger partial charge in [0.1, 0.15) is 11.8 Å². The predicted octanol–water partition coefficient (Wildman–Crippen LogP) is 6.49. The Kier molecular flexibility index (Phi) is 13.4. The normalized spacial score (nSPS) is 12.7. The van der Waals surface area contributed by atoms with Crippen LogP contribution < -0.4 is 14.4 Å². The highest BCUT2D eigenvalue weighted by Crippen LogP contribution is 2.30. The molecule has 0 saturated carbocycles. The Morgan fingerprint density at radius 3 is 2.30 bits per heavy atom. The molecule has 3 aromatic rings. The van der Waals surface area contributed by atoms with E-state index >= 15 is 0 Å². The topological polar surface area (TPSA) is 96.0 Å². The standard InChI is InChI=1S/C33H41Cl2N3O5S/c1-5-24(3)36-33(40)30(21-25-13-8-7-9-14-25)37(23-26-18-19-27(34)22-28(26)35)32(39)17-12-20-38(44(4,41)42)29-15-10-11-16-31(29)43-6-2/h7-11,13-16,18-19,22,24,30H,5-6,12,17,20-21,23H2,1-4H3,(H,36,40)/t24-,30+/m0/s1. The molecule has 2 amide bonds. The lowest BCUT2D eigenvalue weighted by atomic mass is 10.0. The molecule has 0 spiro atoms. The van der Waals surface area contributed by atoms with E-state index < -0.39 is 16.1 Å². The van der Waals surface area contributed by atoms with Crippen LogP contribution in [0.4, 0.5) is 5.69 Å². The molecule has 0 fully saturated rings. The summed E-state index contributed by atoms with van der Waals surface area (Å²) in [6, 6.07) is 20.5. The monoisotopic (exact) mass is 661 g/mol. The summed E-state index contributed by atoms with van der Waals surface area (Å²) >= 11 is 12.7. The molecule has 8 nitrogen and oxygen atoms in total. The molecule has 0 heterocycles. The third kappa shape index (κ3) is 10.1. The summed E-state index contributed by atoms with van der Waals surface area (Å²) in [5, 5.41) is 3.88. The number of para-hydroxylation sites is 2. The third-order valence-electron chi connectivity index (χ3n) is 7.21. The number of carbonyl (C=O) groups excluding carboxylic acids is 2. The van der Waals surface area contributed by atoms with Gasteiger partial charge < -0.3 is 15.0 Å². The van der Waals surface area contributed by atoms with Crippen molar-refractivity contribution in [3.63, 3.8) is 0 Å². The molecule has 0 aliphatic carbocycles. The van der Waals surface area contributed by atoms with Crippen molar-refractivity contribution in [2.24, 2.45) is 0 Å². The summed E-state index contributed by atoms with van der Waals surface area (Å²) in [5.41, 5.74) is 1.94. The van der Waals surface area contributed by atoms with E-state index in [9.17, 15) is 18.0 Å². The second kappa shape index (κ2) is 16.7. The first-order valence-corrected chi connectivity index (χ1v) is 17.3. The lowest BCUT2D eigenvalue weighted by Gasteiger charge is -2.33. The number of anilines is 1. The van der Waals surface area contributed by atoms with Gasteiger partial charge in [-0.25, -0.2) is 8.42 Å². The lowest BCUT2D eigenvalue weighted by molar-refractivity contribution is -0.141.